The van der Waals surface area contributed by atoms with E-state index in [0.29, 0.717) is 5.92 Å². The average molecular weight is 255 g/mol. The molecule has 1 saturated heterocycles. The molecule has 1 saturated carbocycles. The summed E-state index contributed by atoms with van der Waals surface area (Å²) in [5.74, 6) is 0.513. The van der Waals surface area contributed by atoms with E-state index in [1.165, 1.54) is 0 Å². The van der Waals surface area contributed by atoms with Crippen LogP contribution in [0.5, 0.6) is 0 Å². The predicted molar refractivity (Wildman–Crippen MR) is 69.2 cm³/mol. The summed E-state index contributed by atoms with van der Waals surface area (Å²) in [5.41, 5.74) is -0.737. The lowest BCUT2D eigenvalue weighted by Gasteiger charge is -2.29. The number of hydrogen-bond donors (Lipinski definition) is 2. The summed E-state index contributed by atoms with van der Waals surface area (Å²) in [4.78, 5) is 12.0. The van der Waals surface area contributed by atoms with Gasteiger partial charge >= 0.3 is 0 Å². The Kier molecular flexibility index (Phi) is 4.62. The van der Waals surface area contributed by atoms with Crippen molar-refractivity contribution in [1.29, 1.82) is 0 Å². The van der Waals surface area contributed by atoms with Crippen molar-refractivity contribution in [2.24, 2.45) is 5.92 Å². The fourth-order valence-corrected chi connectivity index (χ4v) is 3.15. The topological polar surface area (TPSA) is 58.6 Å². The van der Waals surface area contributed by atoms with Gasteiger partial charge in [-0.05, 0) is 38.5 Å². The van der Waals surface area contributed by atoms with Crippen LogP contribution in [0.4, 0.5) is 0 Å². The molecule has 4 nitrogen and oxygen atoms in total. The number of carbonyl (C=O) groups is 1. The van der Waals surface area contributed by atoms with Crippen molar-refractivity contribution in [2.45, 2.75) is 63.5 Å². The summed E-state index contributed by atoms with van der Waals surface area (Å²) < 4.78 is 5.33. The second kappa shape index (κ2) is 6.02. The second-order valence-corrected chi connectivity index (χ2v) is 5.91. The minimum atomic E-state index is -0.737. The minimum absolute atomic E-state index is 0.00149. The van der Waals surface area contributed by atoms with E-state index < -0.39 is 5.60 Å². The maximum absolute atomic E-state index is 12.0. The van der Waals surface area contributed by atoms with Crippen LogP contribution in [0, 0.1) is 5.92 Å². The first-order chi connectivity index (χ1) is 8.59. The molecule has 2 fully saturated rings. The van der Waals surface area contributed by atoms with Crippen LogP contribution < -0.4 is 5.32 Å². The Morgan fingerprint density at radius 2 is 2.00 bits per heavy atom. The van der Waals surface area contributed by atoms with Gasteiger partial charge < -0.3 is 15.2 Å². The third-order valence-corrected chi connectivity index (χ3v) is 4.39. The van der Waals surface area contributed by atoms with Gasteiger partial charge in [0.25, 0.3) is 0 Å². The lowest BCUT2D eigenvalue weighted by molar-refractivity contribution is -0.127. The molecule has 1 aliphatic heterocycles. The van der Waals surface area contributed by atoms with Gasteiger partial charge in [0.1, 0.15) is 0 Å². The molecule has 0 aromatic heterocycles. The van der Waals surface area contributed by atoms with Crippen LogP contribution in [-0.4, -0.2) is 35.9 Å². The molecule has 4 heteroatoms. The Morgan fingerprint density at radius 3 is 2.61 bits per heavy atom. The summed E-state index contributed by atoms with van der Waals surface area (Å²) in [7, 11) is 0. The van der Waals surface area contributed by atoms with E-state index in [1.807, 2.05) is 0 Å². The Bertz CT molecular complexity index is 281. The molecular formula is C14H25NO3. The normalized spacial score (nSPS) is 25.9. The average Bonchev–Trinajstić information content (AvgIpc) is 2.76. The molecule has 1 amide bonds. The molecule has 0 spiro atoms. The van der Waals surface area contributed by atoms with Crippen molar-refractivity contribution >= 4 is 5.91 Å². The van der Waals surface area contributed by atoms with Crippen molar-refractivity contribution < 1.29 is 14.6 Å². The van der Waals surface area contributed by atoms with Crippen molar-refractivity contribution in [2.75, 3.05) is 13.2 Å². The van der Waals surface area contributed by atoms with Gasteiger partial charge in [-0.2, -0.15) is 0 Å². The Morgan fingerprint density at radius 1 is 1.39 bits per heavy atom. The predicted octanol–water partition coefficient (Wildman–Crippen LogP) is 1.61. The van der Waals surface area contributed by atoms with Gasteiger partial charge in [0.15, 0.2) is 0 Å². The molecule has 2 aliphatic rings. The van der Waals surface area contributed by atoms with Gasteiger partial charge in [-0.25, -0.2) is 0 Å². The summed E-state index contributed by atoms with van der Waals surface area (Å²) in [6.07, 6.45) is 5.93. The summed E-state index contributed by atoms with van der Waals surface area (Å²) >= 11 is 0. The number of ether oxygens (including phenoxy) is 1. The number of nitrogens with one attached hydrogen (secondary N) is 1. The van der Waals surface area contributed by atoms with Crippen LogP contribution in [0.25, 0.3) is 0 Å². The van der Waals surface area contributed by atoms with Gasteiger partial charge in [-0.15, -0.1) is 0 Å². The lowest BCUT2D eigenvalue weighted by atomic mass is 9.92. The van der Waals surface area contributed by atoms with E-state index in [1.54, 1.807) is 0 Å². The van der Waals surface area contributed by atoms with Gasteiger partial charge in [0.2, 0.25) is 5.91 Å². The van der Waals surface area contributed by atoms with Crippen molar-refractivity contribution in [1.82, 2.24) is 5.32 Å². The summed E-state index contributed by atoms with van der Waals surface area (Å²) in [6.45, 7) is 3.66. The smallest absolute Gasteiger partial charge is 0.223 e. The number of amides is 1. The van der Waals surface area contributed by atoms with E-state index in [9.17, 15) is 9.90 Å². The molecule has 1 aliphatic carbocycles. The molecular weight excluding hydrogens is 230 g/mol. The van der Waals surface area contributed by atoms with Crippen molar-refractivity contribution in [3.63, 3.8) is 0 Å². The highest BCUT2D eigenvalue weighted by Gasteiger charge is 2.34. The van der Waals surface area contributed by atoms with Crippen molar-refractivity contribution in [3.8, 4) is 0 Å². The van der Waals surface area contributed by atoms with Crippen LogP contribution in [0.15, 0.2) is 0 Å². The fourth-order valence-electron chi connectivity index (χ4n) is 3.15. The summed E-state index contributed by atoms with van der Waals surface area (Å²) in [5, 5.41) is 13.3. The molecule has 1 atom stereocenters. The molecule has 18 heavy (non-hydrogen) atoms. The van der Waals surface area contributed by atoms with E-state index in [0.717, 1.165) is 51.7 Å². The SMILES string of the molecule is CC(NC(=O)CC1(O)CCCC1)C1CCOCC1. The zero-order valence-corrected chi connectivity index (χ0v) is 11.3. The molecule has 1 heterocycles. The fraction of sp³-hybridized carbons (Fsp3) is 0.929. The second-order valence-electron chi connectivity index (χ2n) is 5.91. The Balaban J connectivity index is 1.75. The summed E-state index contributed by atoms with van der Waals surface area (Å²) in [6, 6.07) is 0.186. The van der Waals surface area contributed by atoms with E-state index in [-0.39, 0.29) is 18.4 Å². The van der Waals surface area contributed by atoms with E-state index >= 15 is 0 Å². The van der Waals surface area contributed by atoms with Crippen LogP contribution in [0.2, 0.25) is 0 Å². The van der Waals surface area contributed by atoms with Crippen LogP contribution in [0.3, 0.4) is 0 Å². The zero-order valence-electron chi connectivity index (χ0n) is 11.3. The monoisotopic (exact) mass is 255 g/mol. The van der Waals surface area contributed by atoms with Gasteiger partial charge in [0, 0.05) is 19.3 Å². The molecule has 1 unspecified atom stereocenters. The van der Waals surface area contributed by atoms with Gasteiger partial charge in [-0.3, -0.25) is 4.79 Å². The number of aliphatic hydroxyl groups is 1. The van der Waals surface area contributed by atoms with Gasteiger partial charge in [-0.1, -0.05) is 12.8 Å². The number of carbonyl (C=O) groups excluding carboxylic acids is 1. The van der Waals surface area contributed by atoms with E-state index in [2.05, 4.69) is 12.2 Å². The highest BCUT2D eigenvalue weighted by Crippen LogP contribution is 2.32. The van der Waals surface area contributed by atoms with E-state index in [4.69, 9.17) is 4.74 Å². The third kappa shape index (κ3) is 3.69. The third-order valence-electron chi connectivity index (χ3n) is 4.39. The standard InChI is InChI=1S/C14H25NO3/c1-11(12-4-8-18-9-5-12)15-13(16)10-14(17)6-2-3-7-14/h11-12,17H,2-10H2,1H3,(H,15,16). The maximum Gasteiger partial charge on any atom is 0.223 e. The highest BCUT2D eigenvalue weighted by molar-refractivity contribution is 5.77. The molecule has 2 N–H and O–H groups in total. The van der Waals surface area contributed by atoms with Gasteiger partial charge in [0.05, 0.1) is 12.0 Å². The largest absolute Gasteiger partial charge is 0.389 e. The number of rotatable bonds is 4. The lowest BCUT2D eigenvalue weighted by Crippen LogP contribution is -2.43. The Labute approximate surface area is 109 Å². The first-order valence-electron chi connectivity index (χ1n) is 7.19. The molecule has 0 aromatic rings. The van der Waals surface area contributed by atoms with Crippen LogP contribution in [-0.2, 0) is 9.53 Å². The minimum Gasteiger partial charge on any atom is -0.389 e. The zero-order chi connectivity index (χ0) is 13.0. The molecule has 104 valence electrons. The molecule has 0 aromatic carbocycles. The number of hydrogen-bond acceptors (Lipinski definition) is 3. The van der Waals surface area contributed by atoms with Crippen LogP contribution >= 0.6 is 0 Å². The first-order valence-corrected chi connectivity index (χ1v) is 7.19. The molecule has 0 radical (unpaired) electrons. The maximum atomic E-state index is 12.0. The van der Waals surface area contributed by atoms with Crippen LogP contribution in [0.1, 0.15) is 51.9 Å². The molecule has 0 bridgehead atoms. The first kappa shape index (κ1) is 13.8. The van der Waals surface area contributed by atoms with Crippen molar-refractivity contribution in [3.05, 3.63) is 0 Å². The Hall–Kier alpha value is -0.610. The quantitative estimate of drug-likeness (QED) is 0.802. The highest BCUT2D eigenvalue weighted by atomic mass is 16.5. The molecule has 2 rings (SSSR count).